The Morgan fingerprint density at radius 3 is 2.56 bits per heavy atom. The Kier molecular flexibility index (Phi) is 7.60. The number of H-pyrrole nitrogens is 1. The molecule has 16 heteroatoms. The second kappa shape index (κ2) is 11.4. The van der Waals surface area contributed by atoms with Gasteiger partial charge in [-0.3, -0.25) is 14.3 Å². The Balaban J connectivity index is 1.12. The molecule has 12 nitrogen and oxygen atoms in total. The second-order valence-electron chi connectivity index (χ2n) is 10.6. The van der Waals surface area contributed by atoms with Crippen LogP contribution in [0.5, 0.6) is 0 Å². The van der Waals surface area contributed by atoms with Gasteiger partial charge in [0.25, 0.3) is 5.91 Å². The smallest absolute Gasteiger partial charge is 0.337 e. The summed E-state index contributed by atoms with van der Waals surface area (Å²) in [6.07, 6.45) is 3.30. The molecule has 3 aromatic heterocycles. The number of alkyl halides is 3. The van der Waals surface area contributed by atoms with Gasteiger partial charge in [-0.1, -0.05) is 11.6 Å². The van der Waals surface area contributed by atoms with Crippen molar-refractivity contribution >= 4 is 40.7 Å². The van der Waals surface area contributed by atoms with Crippen molar-refractivity contribution < 1.29 is 22.8 Å². The molecule has 226 valence electrons. The maximum atomic E-state index is 13.4. The van der Waals surface area contributed by atoms with Crippen molar-refractivity contribution in [1.29, 1.82) is 0 Å². The molecule has 1 saturated carbocycles. The van der Waals surface area contributed by atoms with E-state index in [0.717, 1.165) is 25.5 Å². The van der Waals surface area contributed by atoms with Crippen LogP contribution >= 0.6 is 11.6 Å². The first-order chi connectivity index (χ1) is 20.6. The highest BCUT2D eigenvalue weighted by Gasteiger charge is 2.37. The van der Waals surface area contributed by atoms with Gasteiger partial charge in [0.2, 0.25) is 0 Å². The molecule has 2 fully saturated rings. The minimum Gasteiger partial charge on any atom is -0.337 e. The van der Waals surface area contributed by atoms with Crippen LogP contribution < -0.4 is 16.4 Å². The van der Waals surface area contributed by atoms with Gasteiger partial charge in [-0.05, 0) is 37.5 Å². The van der Waals surface area contributed by atoms with Gasteiger partial charge in [-0.25, -0.2) is 14.8 Å². The van der Waals surface area contributed by atoms with E-state index in [9.17, 15) is 22.8 Å². The van der Waals surface area contributed by atoms with Gasteiger partial charge in [0.15, 0.2) is 17.2 Å². The van der Waals surface area contributed by atoms with Crippen LogP contribution in [-0.2, 0) is 6.18 Å². The Bertz CT molecular complexity index is 1660. The van der Waals surface area contributed by atoms with Gasteiger partial charge < -0.3 is 26.2 Å². The van der Waals surface area contributed by atoms with E-state index in [2.05, 4.69) is 30.8 Å². The van der Waals surface area contributed by atoms with Crippen LogP contribution in [0.1, 0.15) is 35.3 Å². The number of nitrogens with one attached hydrogen (secondary N) is 3. The number of rotatable bonds is 5. The SMILES string of the molecule is N[C@@H]1CC[C@H](NC(=O)N2CCN(C(=O)c3ccc(Nc4nccn5c(-c6c[nH]nc6C(F)(F)F)cnc45)cc3Cl)CC2)C1. The van der Waals surface area contributed by atoms with E-state index in [1.807, 2.05) is 0 Å². The van der Waals surface area contributed by atoms with E-state index in [1.165, 1.54) is 23.0 Å². The summed E-state index contributed by atoms with van der Waals surface area (Å²) in [6, 6.07) is 4.88. The summed E-state index contributed by atoms with van der Waals surface area (Å²) in [5.41, 5.74) is 6.00. The summed E-state index contributed by atoms with van der Waals surface area (Å²) in [5.74, 6) is 0.0204. The van der Waals surface area contributed by atoms with Gasteiger partial charge >= 0.3 is 12.2 Å². The first-order valence-electron chi connectivity index (χ1n) is 13.7. The molecule has 0 radical (unpaired) electrons. The molecule has 1 saturated heterocycles. The predicted molar refractivity (Wildman–Crippen MR) is 152 cm³/mol. The molecule has 4 heterocycles. The lowest BCUT2D eigenvalue weighted by Gasteiger charge is -2.35. The molecule has 1 aliphatic carbocycles. The topological polar surface area (TPSA) is 150 Å². The number of hydrogen-bond acceptors (Lipinski definition) is 7. The van der Waals surface area contributed by atoms with Gasteiger partial charge in [0, 0.05) is 62.5 Å². The fourth-order valence-electron chi connectivity index (χ4n) is 5.51. The number of nitrogens with zero attached hydrogens (tertiary/aromatic N) is 6. The fraction of sp³-hybridized carbons (Fsp3) is 0.370. The maximum absolute atomic E-state index is 13.4. The van der Waals surface area contributed by atoms with E-state index in [-0.39, 0.29) is 51.8 Å². The molecular formula is C27H28ClF3N10O2. The van der Waals surface area contributed by atoms with E-state index < -0.39 is 11.9 Å². The first-order valence-corrected chi connectivity index (χ1v) is 14.1. The van der Waals surface area contributed by atoms with Crippen molar-refractivity contribution in [2.45, 2.75) is 37.5 Å². The Hall–Kier alpha value is -4.37. The number of carbonyl (C=O) groups is 2. The molecule has 6 rings (SSSR count). The number of nitrogens with two attached hydrogens (primary N) is 1. The third-order valence-corrected chi connectivity index (χ3v) is 8.04. The summed E-state index contributed by atoms with van der Waals surface area (Å²) in [7, 11) is 0. The minimum atomic E-state index is -4.64. The van der Waals surface area contributed by atoms with Gasteiger partial charge in [-0.2, -0.15) is 18.3 Å². The molecule has 3 amide bonds. The van der Waals surface area contributed by atoms with Gasteiger partial charge in [-0.15, -0.1) is 0 Å². The molecule has 0 spiro atoms. The molecule has 2 aliphatic rings. The fourth-order valence-corrected chi connectivity index (χ4v) is 5.77. The van der Waals surface area contributed by atoms with Crippen molar-refractivity contribution in [3.63, 3.8) is 0 Å². The van der Waals surface area contributed by atoms with Crippen LogP contribution in [0.2, 0.25) is 5.02 Å². The van der Waals surface area contributed by atoms with Crippen LogP contribution in [0.4, 0.5) is 29.5 Å². The number of urea groups is 1. The highest BCUT2D eigenvalue weighted by Crippen LogP contribution is 2.36. The number of fused-ring (bicyclic) bond motifs is 1. The van der Waals surface area contributed by atoms with E-state index in [0.29, 0.717) is 37.4 Å². The lowest BCUT2D eigenvalue weighted by atomic mass is 10.1. The molecule has 43 heavy (non-hydrogen) atoms. The van der Waals surface area contributed by atoms with Crippen LogP contribution in [-0.4, -0.2) is 84.6 Å². The maximum Gasteiger partial charge on any atom is 0.435 e. The van der Waals surface area contributed by atoms with E-state index in [4.69, 9.17) is 17.3 Å². The van der Waals surface area contributed by atoms with Gasteiger partial charge in [0.1, 0.15) is 0 Å². The zero-order valence-electron chi connectivity index (χ0n) is 22.7. The number of piperazine rings is 1. The number of amides is 3. The summed E-state index contributed by atoms with van der Waals surface area (Å²) in [4.78, 5) is 37.8. The monoisotopic (exact) mass is 616 g/mol. The number of aromatic nitrogens is 5. The van der Waals surface area contributed by atoms with Crippen LogP contribution in [0, 0.1) is 0 Å². The number of imidazole rings is 1. The second-order valence-corrected chi connectivity index (χ2v) is 11.0. The molecule has 1 aliphatic heterocycles. The standard InChI is InChI=1S/C27H28ClF3N10O2/c28-20-12-17(36-23-24-34-14-21(41(24)6-5-33-23)19-13-35-38-22(19)27(29,30)31)3-4-18(20)25(42)39-7-9-40(10-8-39)26(43)37-16-2-1-15(32)11-16/h3-6,12-16H,1-2,7-11,32H2,(H,33,36)(H,35,38)(H,37,43)/t15-,16+/m1/s1. The lowest BCUT2D eigenvalue weighted by Crippen LogP contribution is -2.54. The van der Waals surface area contributed by atoms with Gasteiger partial charge in [0.05, 0.1) is 28.0 Å². The Morgan fingerprint density at radius 1 is 1.09 bits per heavy atom. The average molecular weight is 617 g/mol. The molecule has 2 atom stereocenters. The molecule has 1 aromatic carbocycles. The van der Waals surface area contributed by atoms with Crippen molar-refractivity contribution in [3.05, 3.63) is 59.3 Å². The lowest BCUT2D eigenvalue weighted by molar-refractivity contribution is -0.140. The zero-order chi connectivity index (χ0) is 30.3. The van der Waals surface area contributed by atoms with Crippen LogP contribution in [0.15, 0.2) is 43.0 Å². The quantitative estimate of drug-likeness (QED) is 0.266. The Morgan fingerprint density at radius 2 is 1.86 bits per heavy atom. The van der Waals surface area contributed by atoms with Crippen molar-refractivity contribution in [1.82, 2.24) is 39.7 Å². The molecule has 0 unspecified atom stereocenters. The average Bonchev–Trinajstić information content (AvgIpc) is 3.73. The molecular weight excluding hydrogens is 589 g/mol. The number of aromatic amines is 1. The number of benzene rings is 1. The normalized spacial score (nSPS) is 19.2. The summed E-state index contributed by atoms with van der Waals surface area (Å²) < 4.78 is 41.7. The zero-order valence-corrected chi connectivity index (χ0v) is 23.5. The Labute approximate surface area is 248 Å². The number of hydrogen-bond donors (Lipinski definition) is 4. The third-order valence-electron chi connectivity index (χ3n) is 7.73. The summed E-state index contributed by atoms with van der Waals surface area (Å²) >= 11 is 6.52. The summed E-state index contributed by atoms with van der Waals surface area (Å²) in [5, 5.41) is 11.9. The first kappa shape index (κ1) is 28.7. The molecule has 0 bridgehead atoms. The number of carbonyl (C=O) groups excluding carboxylic acids is 2. The van der Waals surface area contributed by atoms with Crippen molar-refractivity contribution in [3.8, 4) is 11.3 Å². The number of anilines is 2. The third kappa shape index (κ3) is 5.82. The number of halogens is 4. The largest absolute Gasteiger partial charge is 0.435 e. The van der Waals surface area contributed by atoms with Crippen LogP contribution in [0.3, 0.4) is 0 Å². The molecule has 4 aromatic rings. The minimum absolute atomic E-state index is 0.0875. The highest BCUT2D eigenvalue weighted by atomic mass is 35.5. The predicted octanol–water partition coefficient (Wildman–Crippen LogP) is 3.88. The van der Waals surface area contributed by atoms with Crippen molar-refractivity contribution in [2.75, 3.05) is 31.5 Å². The summed E-state index contributed by atoms with van der Waals surface area (Å²) in [6.45, 7) is 1.54. The van der Waals surface area contributed by atoms with E-state index in [1.54, 1.807) is 28.0 Å². The van der Waals surface area contributed by atoms with E-state index >= 15 is 0 Å². The highest BCUT2D eigenvalue weighted by molar-refractivity contribution is 6.34. The van der Waals surface area contributed by atoms with Crippen LogP contribution in [0.25, 0.3) is 16.9 Å². The molecule has 5 N–H and O–H groups in total. The van der Waals surface area contributed by atoms with Crippen molar-refractivity contribution in [2.24, 2.45) is 5.73 Å².